The van der Waals surface area contributed by atoms with Crippen LogP contribution in [0.3, 0.4) is 0 Å². The van der Waals surface area contributed by atoms with E-state index in [0.29, 0.717) is 6.04 Å². The van der Waals surface area contributed by atoms with Gasteiger partial charge in [-0.05, 0) is 19.3 Å². The SMILES string of the molecule is [O]CCCN(CCO)C1CC1. The molecule has 0 unspecified atom stereocenters. The molecule has 1 rings (SSSR count). The van der Waals surface area contributed by atoms with Gasteiger partial charge in [0.1, 0.15) is 0 Å². The lowest BCUT2D eigenvalue weighted by Gasteiger charge is -2.19. The molecule has 1 aliphatic rings. The first-order valence-corrected chi connectivity index (χ1v) is 4.31. The molecule has 1 N–H and O–H groups in total. The standard InChI is InChI=1S/C8H16NO2/c10-6-1-4-9(5-7-11)8-2-3-8/h8,11H,1-7H2. The van der Waals surface area contributed by atoms with E-state index in [1.165, 1.54) is 12.8 Å². The molecule has 0 aliphatic heterocycles. The van der Waals surface area contributed by atoms with Crippen LogP contribution in [-0.2, 0) is 5.11 Å². The largest absolute Gasteiger partial charge is 0.395 e. The molecule has 65 valence electrons. The van der Waals surface area contributed by atoms with Crippen LogP contribution in [0.25, 0.3) is 0 Å². The van der Waals surface area contributed by atoms with Gasteiger partial charge >= 0.3 is 0 Å². The Morgan fingerprint density at radius 2 is 2.09 bits per heavy atom. The van der Waals surface area contributed by atoms with Gasteiger partial charge in [-0.3, -0.25) is 4.90 Å². The smallest absolute Gasteiger partial charge is 0.0834 e. The van der Waals surface area contributed by atoms with Crippen molar-refractivity contribution in [2.45, 2.75) is 25.3 Å². The van der Waals surface area contributed by atoms with Gasteiger partial charge in [-0.15, -0.1) is 0 Å². The fraction of sp³-hybridized carbons (Fsp3) is 1.00. The van der Waals surface area contributed by atoms with E-state index in [1.807, 2.05) is 0 Å². The number of hydrogen-bond donors (Lipinski definition) is 1. The van der Waals surface area contributed by atoms with Crippen molar-refractivity contribution in [3.63, 3.8) is 0 Å². The summed E-state index contributed by atoms with van der Waals surface area (Å²) in [6.07, 6.45) is 3.22. The second-order valence-electron chi connectivity index (χ2n) is 3.05. The van der Waals surface area contributed by atoms with Crippen molar-refractivity contribution in [1.82, 2.24) is 4.90 Å². The predicted molar refractivity (Wildman–Crippen MR) is 41.9 cm³/mol. The minimum Gasteiger partial charge on any atom is -0.395 e. The van der Waals surface area contributed by atoms with Crippen LogP contribution in [0.5, 0.6) is 0 Å². The highest BCUT2D eigenvalue weighted by Gasteiger charge is 2.27. The number of rotatable bonds is 6. The van der Waals surface area contributed by atoms with Crippen molar-refractivity contribution in [3.05, 3.63) is 0 Å². The summed E-state index contributed by atoms with van der Waals surface area (Å²) in [5.41, 5.74) is 0. The fourth-order valence-electron chi connectivity index (χ4n) is 1.31. The van der Waals surface area contributed by atoms with Gasteiger partial charge in [0.2, 0.25) is 0 Å². The Balaban J connectivity index is 2.10. The van der Waals surface area contributed by atoms with Gasteiger partial charge in [0.25, 0.3) is 0 Å². The summed E-state index contributed by atoms with van der Waals surface area (Å²) in [5.74, 6) is 0. The van der Waals surface area contributed by atoms with Crippen LogP contribution in [-0.4, -0.2) is 42.4 Å². The zero-order valence-corrected chi connectivity index (χ0v) is 6.83. The Labute approximate surface area is 67.6 Å². The predicted octanol–water partition coefficient (Wildman–Crippen LogP) is 0.264. The summed E-state index contributed by atoms with van der Waals surface area (Å²) in [4.78, 5) is 2.22. The number of aliphatic hydroxyl groups excluding tert-OH is 1. The molecule has 11 heavy (non-hydrogen) atoms. The summed E-state index contributed by atoms with van der Waals surface area (Å²) >= 11 is 0. The maximum Gasteiger partial charge on any atom is 0.0834 e. The first kappa shape index (κ1) is 8.97. The van der Waals surface area contributed by atoms with E-state index in [1.54, 1.807) is 0 Å². The molecule has 3 heteroatoms. The van der Waals surface area contributed by atoms with Crippen molar-refractivity contribution in [1.29, 1.82) is 0 Å². The third kappa shape index (κ3) is 3.18. The molecular weight excluding hydrogens is 142 g/mol. The third-order valence-corrected chi connectivity index (χ3v) is 2.04. The number of nitrogens with zero attached hydrogens (tertiary/aromatic N) is 1. The molecule has 0 heterocycles. The van der Waals surface area contributed by atoms with E-state index in [4.69, 9.17) is 5.11 Å². The van der Waals surface area contributed by atoms with Crippen LogP contribution in [0.1, 0.15) is 19.3 Å². The minimum absolute atomic E-state index is 0.00858. The zero-order valence-electron chi connectivity index (χ0n) is 6.83. The molecule has 0 atom stereocenters. The zero-order chi connectivity index (χ0) is 8.10. The van der Waals surface area contributed by atoms with Gasteiger partial charge in [-0.2, -0.15) is 0 Å². The van der Waals surface area contributed by atoms with E-state index < -0.39 is 0 Å². The van der Waals surface area contributed by atoms with E-state index in [-0.39, 0.29) is 13.2 Å². The highest BCUT2D eigenvalue weighted by Crippen LogP contribution is 2.26. The second-order valence-corrected chi connectivity index (χ2v) is 3.05. The lowest BCUT2D eigenvalue weighted by Crippen LogP contribution is -2.30. The Hall–Kier alpha value is -0.120. The molecule has 0 aromatic carbocycles. The van der Waals surface area contributed by atoms with Crippen molar-refractivity contribution in [2.75, 3.05) is 26.3 Å². The lowest BCUT2D eigenvalue weighted by atomic mass is 10.4. The Kier molecular flexibility index (Phi) is 3.83. The van der Waals surface area contributed by atoms with Gasteiger partial charge < -0.3 is 5.11 Å². The highest BCUT2D eigenvalue weighted by atomic mass is 16.3. The molecule has 0 aromatic rings. The molecule has 3 nitrogen and oxygen atoms in total. The van der Waals surface area contributed by atoms with Crippen LogP contribution >= 0.6 is 0 Å². The Morgan fingerprint density at radius 3 is 2.55 bits per heavy atom. The summed E-state index contributed by atoms with van der Waals surface area (Å²) in [7, 11) is 0. The van der Waals surface area contributed by atoms with Crippen molar-refractivity contribution >= 4 is 0 Å². The van der Waals surface area contributed by atoms with E-state index in [2.05, 4.69) is 4.90 Å². The van der Waals surface area contributed by atoms with Crippen molar-refractivity contribution < 1.29 is 10.2 Å². The molecule has 1 aliphatic carbocycles. The van der Waals surface area contributed by atoms with Crippen LogP contribution < -0.4 is 0 Å². The van der Waals surface area contributed by atoms with Crippen LogP contribution in [0, 0.1) is 0 Å². The van der Waals surface area contributed by atoms with Gasteiger partial charge in [-0.1, -0.05) is 0 Å². The number of aliphatic hydroxyl groups is 1. The molecule has 0 saturated heterocycles. The monoisotopic (exact) mass is 158 g/mol. The highest BCUT2D eigenvalue weighted by molar-refractivity contribution is 4.84. The minimum atomic E-state index is 0.00858. The summed E-state index contributed by atoms with van der Waals surface area (Å²) in [5, 5.41) is 18.9. The van der Waals surface area contributed by atoms with Gasteiger partial charge in [-0.25, -0.2) is 5.11 Å². The summed E-state index contributed by atoms with van der Waals surface area (Å²) < 4.78 is 0. The first-order chi connectivity index (χ1) is 5.38. The molecule has 1 fully saturated rings. The molecule has 0 spiro atoms. The van der Waals surface area contributed by atoms with Gasteiger partial charge in [0.15, 0.2) is 0 Å². The molecule has 1 saturated carbocycles. The third-order valence-electron chi connectivity index (χ3n) is 2.04. The van der Waals surface area contributed by atoms with Crippen LogP contribution in [0.2, 0.25) is 0 Å². The molecule has 0 amide bonds. The summed E-state index contributed by atoms with van der Waals surface area (Å²) in [6.45, 7) is 1.84. The fourth-order valence-corrected chi connectivity index (χ4v) is 1.31. The average molecular weight is 158 g/mol. The topological polar surface area (TPSA) is 43.4 Å². The lowest BCUT2D eigenvalue weighted by molar-refractivity contribution is 0.147. The normalized spacial score (nSPS) is 17.7. The second kappa shape index (κ2) is 4.70. The first-order valence-electron chi connectivity index (χ1n) is 4.31. The van der Waals surface area contributed by atoms with Crippen molar-refractivity contribution in [2.24, 2.45) is 0 Å². The molecular formula is C8H16NO2. The van der Waals surface area contributed by atoms with Crippen LogP contribution in [0.4, 0.5) is 0 Å². The quantitative estimate of drug-likeness (QED) is 0.602. The Morgan fingerprint density at radius 1 is 1.36 bits per heavy atom. The Bertz CT molecular complexity index is 104. The molecule has 0 aromatic heterocycles. The maximum absolute atomic E-state index is 10.2. The van der Waals surface area contributed by atoms with E-state index in [0.717, 1.165) is 19.5 Å². The van der Waals surface area contributed by atoms with E-state index >= 15 is 0 Å². The van der Waals surface area contributed by atoms with Crippen LogP contribution in [0.15, 0.2) is 0 Å². The summed E-state index contributed by atoms with van der Waals surface area (Å²) in [6, 6.07) is 0.675. The maximum atomic E-state index is 10.2. The van der Waals surface area contributed by atoms with E-state index in [9.17, 15) is 5.11 Å². The van der Waals surface area contributed by atoms with Gasteiger partial charge in [0, 0.05) is 19.1 Å². The number of hydrogen-bond acceptors (Lipinski definition) is 2. The van der Waals surface area contributed by atoms with Crippen molar-refractivity contribution in [3.8, 4) is 0 Å². The molecule has 0 bridgehead atoms. The average Bonchev–Trinajstić information content (AvgIpc) is 2.80. The van der Waals surface area contributed by atoms with Gasteiger partial charge in [0.05, 0.1) is 13.2 Å². The molecule has 1 radical (unpaired) electrons.